The minimum atomic E-state index is 0.539. The molecule has 0 aliphatic heterocycles. The van der Waals surface area contributed by atoms with Gasteiger partial charge in [-0.2, -0.15) is 0 Å². The standard InChI is InChI=1S/C13H16N2OS/c1-10-3-5-12(6-4-10)16-8-13-15-11(7-14-2)9-17-13/h3-6,9,14H,7-8H2,1-2H3. The smallest absolute Gasteiger partial charge is 0.140 e. The van der Waals surface area contributed by atoms with Gasteiger partial charge in [-0.15, -0.1) is 11.3 Å². The highest BCUT2D eigenvalue weighted by Gasteiger charge is 2.02. The molecule has 0 saturated heterocycles. The van der Waals surface area contributed by atoms with Crippen molar-refractivity contribution in [3.63, 3.8) is 0 Å². The number of nitrogens with one attached hydrogen (secondary N) is 1. The van der Waals surface area contributed by atoms with Crippen molar-refractivity contribution in [1.29, 1.82) is 0 Å². The zero-order chi connectivity index (χ0) is 12.1. The molecule has 0 unspecified atom stereocenters. The predicted molar refractivity (Wildman–Crippen MR) is 70.4 cm³/mol. The third-order valence-electron chi connectivity index (χ3n) is 2.34. The zero-order valence-electron chi connectivity index (χ0n) is 10.1. The van der Waals surface area contributed by atoms with Crippen LogP contribution in [0.3, 0.4) is 0 Å². The predicted octanol–water partition coefficient (Wildman–Crippen LogP) is 2.75. The molecular formula is C13H16N2OS. The summed E-state index contributed by atoms with van der Waals surface area (Å²) in [6.45, 7) is 3.41. The maximum atomic E-state index is 5.67. The van der Waals surface area contributed by atoms with E-state index in [1.54, 1.807) is 11.3 Å². The largest absolute Gasteiger partial charge is 0.486 e. The fourth-order valence-corrected chi connectivity index (χ4v) is 2.16. The minimum absolute atomic E-state index is 0.539. The topological polar surface area (TPSA) is 34.1 Å². The Kier molecular flexibility index (Phi) is 4.12. The molecule has 0 radical (unpaired) electrons. The molecule has 4 heteroatoms. The normalized spacial score (nSPS) is 10.5. The van der Waals surface area contributed by atoms with Crippen LogP contribution in [-0.4, -0.2) is 12.0 Å². The average Bonchev–Trinajstić information content (AvgIpc) is 2.77. The fraction of sp³-hybridized carbons (Fsp3) is 0.308. The van der Waals surface area contributed by atoms with Gasteiger partial charge in [-0.1, -0.05) is 17.7 Å². The SMILES string of the molecule is CNCc1csc(COc2ccc(C)cc2)n1. The molecule has 0 bridgehead atoms. The summed E-state index contributed by atoms with van der Waals surface area (Å²) in [5.74, 6) is 0.890. The molecule has 1 heterocycles. The lowest BCUT2D eigenvalue weighted by Gasteiger charge is -2.03. The quantitative estimate of drug-likeness (QED) is 0.883. The number of hydrogen-bond donors (Lipinski definition) is 1. The third-order valence-corrected chi connectivity index (χ3v) is 3.21. The van der Waals surface area contributed by atoms with Gasteiger partial charge >= 0.3 is 0 Å². The maximum absolute atomic E-state index is 5.67. The number of hydrogen-bond acceptors (Lipinski definition) is 4. The van der Waals surface area contributed by atoms with Crippen LogP contribution >= 0.6 is 11.3 Å². The van der Waals surface area contributed by atoms with Gasteiger partial charge in [0, 0.05) is 11.9 Å². The summed E-state index contributed by atoms with van der Waals surface area (Å²) in [5.41, 5.74) is 2.31. The first-order chi connectivity index (χ1) is 8.28. The fourth-order valence-electron chi connectivity index (χ4n) is 1.46. The third kappa shape index (κ3) is 3.54. The van der Waals surface area contributed by atoms with Gasteiger partial charge in [-0.3, -0.25) is 0 Å². The van der Waals surface area contributed by atoms with E-state index in [1.807, 2.05) is 31.3 Å². The van der Waals surface area contributed by atoms with E-state index < -0.39 is 0 Å². The van der Waals surface area contributed by atoms with Crippen LogP contribution in [0.1, 0.15) is 16.3 Å². The summed E-state index contributed by atoms with van der Waals surface area (Å²) in [6.07, 6.45) is 0. The molecule has 1 N–H and O–H groups in total. The molecule has 0 fully saturated rings. The van der Waals surface area contributed by atoms with E-state index >= 15 is 0 Å². The van der Waals surface area contributed by atoms with Crippen LogP contribution in [0.4, 0.5) is 0 Å². The van der Waals surface area contributed by atoms with E-state index in [2.05, 4.69) is 22.6 Å². The van der Waals surface area contributed by atoms with E-state index in [0.29, 0.717) is 6.61 Å². The highest BCUT2D eigenvalue weighted by molar-refractivity contribution is 7.09. The Morgan fingerprint density at radius 3 is 2.76 bits per heavy atom. The summed E-state index contributed by atoms with van der Waals surface area (Å²) in [4.78, 5) is 4.46. The molecule has 0 saturated carbocycles. The van der Waals surface area contributed by atoms with Gasteiger partial charge in [0.2, 0.25) is 0 Å². The Morgan fingerprint density at radius 1 is 1.29 bits per heavy atom. The molecule has 2 rings (SSSR count). The molecule has 2 aromatic rings. The molecule has 0 aliphatic rings. The Labute approximate surface area is 105 Å². The van der Waals surface area contributed by atoms with Crippen molar-refractivity contribution in [3.8, 4) is 5.75 Å². The molecule has 0 spiro atoms. The first kappa shape index (κ1) is 12.1. The number of benzene rings is 1. The highest BCUT2D eigenvalue weighted by Crippen LogP contribution is 2.15. The van der Waals surface area contributed by atoms with Crippen molar-refractivity contribution in [2.24, 2.45) is 0 Å². The monoisotopic (exact) mass is 248 g/mol. The lowest BCUT2D eigenvalue weighted by atomic mass is 10.2. The number of rotatable bonds is 5. The molecule has 0 aliphatic carbocycles. The molecule has 0 atom stereocenters. The van der Waals surface area contributed by atoms with Gasteiger partial charge in [-0.05, 0) is 26.1 Å². The zero-order valence-corrected chi connectivity index (χ0v) is 10.9. The van der Waals surface area contributed by atoms with Crippen LogP contribution in [0.5, 0.6) is 5.75 Å². The number of thiazole rings is 1. The van der Waals surface area contributed by atoms with Crippen LogP contribution < -0.4 is 10.1 Å². The summed E-state index contributed by atoms with van der Waals surface area (Å²) in [7, 11) is 1.92. The van der Waals surface area contributed by atoms with Crippen LogP contribution in [0, 0.1) is 6.92 Å². The van der Waals surface area contributed by atoms with Gasteiger partial charge in [0.05, 0.1) is 5.69 Å². The molecule has 1 aromatic heterocycles. The molecule has 0 amide bonds. The Hall–Kier alpha value is -1.39. The molecular weight excluding hydrogens is 232 g/mol. The van der Waals surface area contributed by atoms with Gasteiger partial charge in [-0.25, -0.2) is 4.98 Å². The number of ether oxygens (including phenoxy) is 1. The van der Waals surface area contributed by atoms with Crippen molar-refractivity contribution < 1.29 is 4.74 Å². The van der Waals surface area contributed by atoms with E-state index in [1.165, 1.54) is 5.56 Å². The highest BCUT2D eigenvalue weighted by atomic mass is 32.1. The number of aromatic nitrogens is 1. The van der Waals surface area contributed by atoms with Crippen LogP contribution in [0.2, 0.25) is 0 Å². The van der Waals surface area contributed by atoms with Gasteiger partial charge in [0.25, 0.3) is 0 Å². The summed E-state index contributed by atoms with van der Waals surface area (Å²) < 4.78 is 5.67. The van der Waals surface area contributed by atoms with Crippen molar-refractivity contribution in [2.75, 3.05) is 7.05 Å². The minimum Gasteiger partial charge on any atom is -0.486 e. The molecule has 90 valence electrons. The molecule has 1 aromatic carbocycles. The van der Waals surface area contributed by atoms with Gasteiger partial charge in [0.15, 0.2) is 0 Å². The van der Waals surface area contributed by atoms with E-state index in [0.717, 1.165) is 23.0 Å². The first-order valence-electron chi connectivity index (χ1n) is 5.55. The van der Waals surface area contributed by atoms with Crippen molar-refractivity contribution in [2.45, 2.75) is 20.1 Å². The van der Waals surface area contributed by atoms with Crippen LogP contribution in [0.15, 0.2) is 29.6 Å². The Morgan fingerprint density at radius 2 is 2.06 bits per heavy atom. The Balaban J connectivity index is 1.90. The second-order valence-corrected chi connectivity index (χ2v) is 4.81. The van der Waals surface area contributed by atoms with E-state index in [4.69, 9.17) is 4.74 Å². The van der Waals surface area contributed by atoms with Crippen LogP contribution in [-0.2, 0) is 13.2 Å². The number of nitrogens with zero attached hydrogens (tertiary/aromatic N) is 1. The average molecular weight is 248 g/mol. The lowest BCUT2D eigenvalue weighted by Crippen LogP contribution is -2.05. The summed E-state index contributed by atoms with van der Waals surface area (Å²) in [5, 5.41) is 6.15. The molecule has 3 nitrogen and oxygen atoms in total. The van der Waals surface area contributed by atoms with Crippen LogP contribution in [0.25, 0.3) is 0 Å². The Bertz CT molecular complexity index is 465. The van der Waals surface area contributed by atoms with E-state index in [-0.39, 0.29) is 0 Å². The lowest BCUT2D eigenvalue weighted by molar-refractivity contribution is 0.305. The maximum Gasteiger partial charge on any atom is 0.140 e. The summed E-state index contributed by atoms with van der Waals surface area (Å²) >= 11 is 1.64. The summed E-state index contributed by atoms with van der Waals surface area (Å²) in [6, 6.07) is 8.06. The second-order valence-electron chi connectivity index (χ2n) is 3.86. The van der Waals surface area contributed by atoms with Crippen molar-refractivity contribution in [1.82, 2.24) is 10.3 Å². The van der Waals surface area contributed by atoms with Gasteiger partial charge < -0.3 is 10.1 Å². The van der Waals surface area contributed by atoms with Crippen molar-refractivity contribution >= 4 is 11.3 Å². The number of aryl methyl sites for hydroxylation is 1. The first-order valence-corrected chi connectivity index (χ1v) is 6.43. The van der Waals surface area contributed by atoms with Gasteiger partial charge in [0.1, 0.15) is 17.4 Å². The second kappa shape index (κ2) is 5.80. The molecule has 17 heavy (non-hydrogen) atoms. The van der Waals surface area contributed by atoms with Crippen molar-refractivity contribution in [3.05, 3.63) is 45.9 Å². The van der Waals surface area contributed by atoms with E-state index in [9.17, 15) is 0 Å².